The Labute approximate surface area is 155 Å². The van der Waals surface area contributed by atoms with Gasteiger partial charge in [0.25, 0.3) is 0 Å². The number of nitrogens with zero attached hydrogens (tertiary/aromatic N) is 1. The summed E-state index contributed by atoms with van der Waals surface area (Å²) in [6.45, 7) is 2.08. The van der Waals surface area contributed by atoms with Gasteiger partial charge < -0.3 is 15.2 Å². The average Bonchev–Trinajstić information content (AvgIpc) is 3.04. The lowest BCUT2D eigenvalue weighted by Crippen LogP contribution is -2.35. The van der Waals surface area contributed by atoms with Gasteiger partial charge >= 0.3 is 0 Å². The van der Waals surface area contributed by atoms with Gasteiger partial charge in [0.05, 0.1) is 0 Å². The van der Waals surface area contributed by atoms with Crippen molar-refractivity contribution in [1.82, 2.24) is 15.2 Å². The lowest BCUT2D eigenvalue weighted by atomic mass is 10.1. The molecular formula is C21H29N3O2. The summed E-state index contributed by atoms with van der Waals surface area (Å²) in [4.78, 5) is 29.6. The molecule has 1 aliphatic heterocycles. The Kier molecular flexibility index (Phi) is 6.69. The first kappa shape index (κ1) is 18.5. The van der Waals surface area contributed by atoms with Gasteiger partial charge in [-0.1, -0.05) is 31.0 Å². The maximum absolute atomic E-state index is 12.6. The van der Waals surface area contributed by atoms with Gasteiger partial charge in [-0.3, -0.25) is 9.59 Å². The topological polar surface area (TPSA) is 65.2 Å². The highest BCUT2D eigenvalue weighted by Crippen LogP contribution is 2.19. The molecule has 0 bridgehead atoms. The first-order valence-electron chi connectivity index (χ1n) is 9.83. The normalized spacial score (nSPS) is 16.9. The number of aromatic amines is 1. The van der Waals surface area contributed by atoms with E-state index in [1.54, 1.807) is 0 Å². The fourth-order valence-electron chi connectivity index (χ4n) is 3.62. The SMILES string of the molecule is O=C1CCN(C(=O)CCCc2c[nH]c3ccccc23)CCCCCCN1. The van der Waals surface area contributed by atoms with Crippen molar-refractivity contribution in [2.45, 2.75) is 51.4 Å². The molecule has 1 aromatic heterocycles. The van der Waals surface area contributed by atoms with Gasteiger partial charge in [-0.2, -0.15) is 0 Å². The number of para-hydroxylation sites is 1. The molecule has 2 aromatic rings. The lowest BCUT2D eigenvalue weighted by Gasteiger charge is -2.22. The van der Waals surface area contributed by atoms with E-state index in [0.29, 0.717) is 19.4 Å². The summed E-state index contributed by atoms with van der Waals surface area (Å²) in [5.74, 6) is 0.236. The monoisotopic (exact) mass is 355 g/mol. The van der Waals surface area contributed by atoms with Crippen LogP contribution in [0.15, 0.2) is 30.5 Å². The molecule has 2 amide bonds. The zero-order valence-corrected chi connectivity index (χ0v) is 15.4. The Bertz CT molecular complexity index is 738. The van der Waals surface area contributed by atoms with Crippen LogP contribution < -0.4 is 5.32 Å². The van der Waals surface area contributed by atoms with Gasteiger partial charge in [-0.15, -0.1) is 0 Å². The summed E-state index contributed by atoms with van der Waals surface area (Å²) in [5.41, 5.74) is 2.41. The van der Waals surface area contributed by atoms with E-state index < -0.39 is 0 Å². The minimum Gasteiger partial charge on any atom is -0.361 e. The molecule has 0 saturated carbocycles. The van der Waals surface area contributed by atoms with Crippen LogP contribution in [-0.4, -0.2) is 41.3 Å². The second-order valence-corrected chi connectivity index (χ2v) is 7.11. The second-order valence-electron chi connectivity index (χ2n) is 7.11. The van der Waals surface area contributed by atoms with Crippen molar-refractivity contribution in [2.75, 3.05) is 19.6 Å². The van der Waals surface area contributed by atoms with E-state index >= 15 is 0 Å². The number of fused-ring (bicyclic) bond motifs is 1. The quantitative estimate of drug-likeness (QED) is 0.883. The maximum Gasteiger partial charge on any atom is 0.222 e. The molecule has 1 saturated heterocycles. The lowest BCUT2D eigenvalue weighted by molar-refractivity contribution is -0.132. The molecule has 3 rings (SSSR count). The maximum atomic E-state index is 12.6. The third kappa shape index (κ3) is 5.10. The molecular weight excluding hydrogens is 326 g/mol. The van der Waals surface area contributed by atoms with E-state index in [1.807, 2.05) is 23.2 Å². The summed E-state index contributed by atoms with van der Waals surface area (Å²) in [5, 5.41) is 4.18. The number of H-pyrrole nitrogens is 1. The zero-order valence-electron chi connectivity index (χ0n) is 15.4. The van der Waals surface area contributed by atoms with Gasteiger partial charge in [0.2, 0.25) is 11.8 Å². The number of nitrogens with one attached hydrogen (secondary N) is 2. The van der Waals surface area contributed by atoms with Crippen LogP contribution in [0.1, 0.15) is 50.5 Å². The van der Waals surface area contributed by atoms with Crippen molar-refractivity contribution in [1.29, 1.82) is 0 Å². The van der Waals surface area contributed by atoms with Gasteiger partial charge in [-0.25, -0.2) is 0 Å². The van der Waals surface area contributed by atoms with E-state index in [2.05, 4.69) is 22.4 Å². The largest absolute Gasteiger partial charge is 0.361 e. The fourth-order valence-corrected chi connectivity index (χ4v) is 3.62. The predicted octanol–water partition coefficient (Wildman–Crippen LogP) is 3.40. The summed E-state index contributed by atoms with van der Waals surface area (Å²) >= 11 is 0. The molecule has 5 nitrogen and oxygen atoms in total. The molecule has 0 unspecified atom stereocenters. The number of carbonyl (C=O) groups excluding carboxylic acids is 2. The highest BCUT2D eigenvalue weighted by Gasteiger charge is 2.15. The van der Waals surface area contributed by atoms with Crippen molar-refractivity contribution < 1.29 is 9.59 Å². The molecule has 1 aliphatic rings. The summed E-state index contributed by atoms with van der Waals surface area (Å²) in [7, 11) is 0. The van der Waals surface area contributed by atoms with Gasteiger partial charge in [-0.05, 0) is 37.3 Å². The number of aromatic nitrogens is 1. The minimum atomic E-state index is 0.0588. The molecule has 2 heterocycles. The number of amides is 2. The summed E-state index contributed by atoms with van der Waals surface area (Å²) in [6, 6.07) is 8.26. The molecule has 26 heavy (non-hydrogen) atoms. The first-order chi connectivity index (χ1) is 12.7. The van der Waals surface area contributed by atoms with Crippen molar-refractivity contribution in [3.8, 4) is 0 Å². The molecule has 140 valence electrons. The van der Waals surface area contributed by atoms with Crippen LogP contribution in [0.25, 0.3) is 10.9 Å². The number of rotatable bonds is 4. The average molecular weight is 355 g/mol. The van der Waals surface area contributed by atoms with Crippen molar-refractivity contribution in [3.05, 3.63) is 36.0 Å². The third-order valence-corrected chi connectivity index (χ3v) is 5.15. The Hall–Kier alpha value is -2.30. The van der Waals surface area contributed by atoms with Crippen LogP contribution >= 0.6 is 0 Å². The van der Waals surface area contributed by atoms with Crippen LogP contribution in [0.5, 0.6) is 0 Å². The third-order valence-electron chi connectivity index (χ3n) is 5.15. The van der Waals surface area contributed by atoms with E-state index in [0.717, 1.165) is 57.1 Å². The highest BCUT2D eigenvalue weighted by molar-refractivity contribution is 5.83. The molecule has 0 aliphatic carbocycles. The fraction of sp³-hybridized carbons (Fsp3) is 0.524. The van der Waals surface area contributed by atoms with Crippen molar-refractivity contribution in [3.63, 3.8) is 0 Å². The molecule has 5 heteroatoms. The van der Waals surface area contributed by atoms with E-state index in [-0.39, 0.29) is 11.8 Å². The van der Waals surface area contributed by atoms with Crippen LogP contribution in [0.3, 0.4) is 0 Å². The molecule has 0 spiro atoms. The van der Waals surface area contributed by atoms with Gasteiger partial charge in [0, 0.05) is 49.6 Å². The number of benzene rings is 1. The number of aryl methyl sites for hydroxylation is 1. The van der Waals surface area contributed by atoms with Crippen LogP contribution in [-0.2, 0) is 16.0 Å². The van der Waals surface area contributed by atoms with E-state index in [1.165, 1.54) is 10.9 Å². The smallest absolute Gasteiger partial charge is 0.222 e. The van der Waals surface area contributed by atoms with Crippen LogP contribution in [0.2, 0.25) is 0 Å². The van der Waals surface area contributed by atoms with E-state index in [9.17, 15) is 9.59 Å². The molecule has 0 atom stereocenters. The number of carbonyl (C=O) groups is 2. The second kappa shape index (κ2) is 9.41. The van der Waals surface area contributed by atoms with Crippen LogP contribution in [0.4, 0.5) is 0 Å². The summed E-state index contributed by atoms with van der Waals surface area (Å²) < 4.78 is 0. The van der Waals surface area contributed by atoms with Crippen molar-refractivity contribution in [2.24, 2.45) is 0 Å². The molecule has 1 fully saturated rings. The minimum absolute atomic E-state index is 0.0588. The van der Waals surface area contributed by atoms with E-state index in [4.69, 9.17) is 0 Å². The van der Waals surface area contributed by atoms with Gasteiger partial charge in [0.1, 0.15) is 0 Å². The molecule has 1 aromatic carbocycles. The Balaban J connectivity index is 1.51. The Morgan fingerprint density at radius 3 is 2.85 bits per heavy atom. The predicted molar refractivity (Wildman–Crippen MR) is 104 cm³/mol. The standard InChI is InChI=1S/C21H29N3O2/c25-20-12-15-24(14-6-2-1-5-13-22-20)21(26)11-7-8-17-16-23-19-10-4-3-9-18(17)19/h3-4,9-10,16,23H,1-2,5-8,11-15H2,(H,22,25). The van der Waals surface area contributed by atoms with Gasteiger partial charge in [0.15, 0.2) is 0 Å². The highest BCUT2D eigenvalue weighted by atomic mass is 16.2. The summed E-state index contributed by atoms with van der Waals surface area (Å²) in [6.07, 6.45) is 9.03. The Morgan fingerprint density at radius 2 is 1.92 bits per heavy atom. The first-order valence-corrected chi connectivity index (χ1v) is 9.83. The molecule has 0 radical (unpaired) electrons. The number of hydrogen-bond donors (Lipinski definition) is 2. The zero-order chi connectivity index (χ0) is 18.2. The Morgan fingerprint density at radius 1 is 1.08 bits per heavy atom. The number of hydrogen-bond acceptors (Lipinski definition) is 2. The van der Waals surface area contributed by atoms with Crippen LogP contribution in [0, 0.1) is 0 Å². The van der Waals surface area contributed by atoms with Crippen molar-refractivity contribution >= 4 is 22.7 Å². The molecule has 2 N–H and O–H groups in total.